The average molecular weight is 354 g/mol. The number of thiophene rings is 1. The molecule has 0 amide bonds. The maximum Gasteiger partial charge on any atom is 0.119 e. The van der Waals surface area contributed by atoms with Crippen LogP contribution in [0, 0.1) is 0 Å². The lowest BCUT2D eigenvalue weighted by molar-refractivity contribution is 0.340. The van der Waals surface area contributed by atoms with E-state index in [1.54, 1.807) is 11.3 Å². The maximum absolute atomic E-state index is 5.51. The van der Waals surface area contributed by atoms with Crippen LogP contribution < -0.4 is 10.1 Å². The Labute approximate surface area is 133 Å². The van der Waals surface area contributed by atoms with E-state index < -0.39 is 0 Å². The van der Waals surface area contributed by atoms with Gasteiger partial charge < -0.3 is 10.1 Å². The van der Waals surface area contributed by atoms with Gasteiger partial charge in [-0.15, -0.1) is 0 Å². The molecule has 1 aromatic heterocycles. The van der Waals surface area contributed by atoms with Gasteiger partial charge >= 0.3 is 0 Å². The molecule has 1 heterocycles. The minimum atomic E-state index is 0.228. The van der Waals surface area contributed by atoms with E-state index in [-0.39, 0.29) is 6.04 Å². The second-order valence-corrected chi connectivity index (χ2v) is 6.16. The number of ether oxygens (including phenoxy) is 1. The number of hydrogen-bond acceptors (Lipinski definition) is 3. The molecule has 0 aliphatic heterocycles. The molecule has 1 aromatic carbocycles. The van der Waals surface area contributed by atoms with Gasteiger partial charge in [0.05, 0.1) is 12.6 Å². The van der Waals surface area contributed by atoms with Crippen LogP contribution in [-0.4, -0.2) is 13.2 Å². The Morgan fingerprint density at radius 3 is 2.50 bits per heavy atom. The van der Waals surface area contributed by atoms with Gasteiger partial charge in [0.2, 0.25) is 0 Å². The molecule has 2 aromatic rings. The first-order chi connectivity index (χ1) is 9.76. The Morgan fingerprint density at radius 2 is 1.95 bits per heavy atom. The van der Waals surface area contributed by atoms with Crippen molar-refractivity contribution in [1.82, 2.24) is 5.32 Å². The Morgan fingerprint density at radius 1 is 1.20 bits per heavy atom. The van der Waals surface area contributed by atoms with Crippen molar-refractivity contribution in [3.8, 4) is 5.75 Å². The normalized spacial score (nSPS) is 12.3. The lowest BCUT2D eigenvalue weighted by Crippen LogP contribution is -2.23. The van der Waals surface area contributed by atoms with E-state index >= 15 is 0 Å². The highest BCUT2D eigenvalue weighted by molar-refractivity contribution is 9.10. The Kier molecular flexibility index (Phi) is 6.07. The summed E-state index contributed by atoms with van der Waals surface area (Å²) in [6.07, 6.45) is 1.12. The summed E-state index contributed by atoms with van der Waals surface area (Å²) in [6, 6.07) is 8.59. The molecule has 0 radical (unpaired) electrons. The van der Waals surface area contributed by atoms with E-state index in [2.05, 4.69) is 51.1 Å². The summed E-state index contributed by atoms with van der Waals surface area (Å²) < 4.78 is 6.68. The van der Waals surface area contributed by atoms with Crippen molar-refractivity contribution < 1.29 is 4.74 Å². The van der Waals surface area contributed by atoms with Crippen molar-refractivity contribution in [3.05, 3.63) is 50.6 Å². The monoisotopic (exact) mass is 353 g/mol. The van der Waals surface area contributed by atoms with E-state index in [1.807, 2.05) is 19.1 Å². The third kappa shape index (κ3) is 3.84. The van der Waals surface area contributed by atoms with Crippen LogP contribution in [0.1, 0.15) is 37.4 Å². The van der Waals surface area contributed by atoms with Crippen LogP contribution >= 0.6 is 27.3 Å². The van der Waals surface area contributed by atoms with Crippen molar-refractivity contribution in [2.75, 3.05) is 13.2 Å². The van der Waals surface area contributed by atoms with Gasteiger partial charge in [-0.3, -0.25) is 0 Å². The number of nitrogens with one attached hydrogen (secondary N) is 1. The van der Waals surface area contributed by atoms with Crippen LogP contribution in [-0.2, 0) is 0 Å². The van der Waals surface area contributed by atoms with Crippen LogP contribution in [0.4, 0.5) is 0 Å². The van der Waals surface area contributed by atoms with E-state index in [1.165, 1.54) is 15.6 Å². The van der Waals surface area contributed by atoms with E-state index in [0.29, 0.717) is 6.61 Å². The summed E-state index contributed by atoms with van der Waals surface area (Å²) in [5.74, 6) is 0.926. The molecule has 0 saturated heterocycles. The van der Waals surface area contributed by atoms with Crippen LogP contribution in [0.15, 0.2) is 39.5 Å². The quantitative estimate of drug-likeness (QED) is 0.756. The smallest absolute Gasteiger partial charge is 0.119 e. The highest BCUT2D eigenvalue weighted by atomic mass is 79.9. The lowest BCUT2D eigenvalue weighted by atomic mass is 10.0. The average Bonchev–Trinajstić information content (AvgIpc) is 2.88. The van der Waals surface area contributed by atoms with Gasteiger partial charge in [-0.1, -0.05) is 19.1 Å². The summed E-state index contributed by atoms with van der Waals surface area (Å²) in [4.78, 5) is 0. The van der Waals surface area contributed by atoms with Gasteiger partial charge in [-0.05, 0) is 64.5 Å². The second kappa shape index (κ2) is 7.81. The van der Waals surface area contributed by atoms with Crippen LogP contribution in [0.3, 0.4) is 0 Å². The third-order valence-corrected chi connectivity index (χ3v) is 4.83. The summed E-state index contributed by atoms with van der Waals surface area (Å²) >= 11 is 5.36. The molecule has 0 spiro atoms. The van der Waals surface area contributed by atoms with E-state index in [4.69, 9.17) is 4.74 Å². The van der Waals surface area contributed by atoms with Gasteiger partial charge in [0.15, 0.2) is 0 Å². The molecule has 20 heavy (non-hydrogen) atoms. The predicted molar refractivity (Wildman–Crippen MR) is 89.8 cm³/mol. The first-order valence-corrected chi connectivity index (χ1v) is 8.67. The molecular formula is C16H20BrNOS. The first-order valence-electron chi connectivity index (χ1n) is 6.94. The molecule has 1 N–H and O–H groups in total. The third-order valence-electron chi connectivity index (χ3n) is 3.08. The Balaban J connectivity index is 2.24. The fourth-order valence-corrected chi connectivity index (χ4v) is 3.67. The molecule has 0 aliphatic carbocycles. The molecule has 1 atom stereocenters. The van der Waals surface area contributed by atoms with Crippen molar-refractivity contribution in [2.45, 2.75) is 26.3 Å². The van der Waals surface area contributed by atoms with Crippen LogP contribution in [0.25, 0.3) is 0 Å². The zero-order chi connectivity index (χ0) is 14.4. The van der Waals surface area contributed by atoms with E-state index in [9.17, 15) is 0 Å². The van der Waals surface area contributed by atoms with Gasteiger partial charge in [0.1, 0.15) is 5.75 Å². The highest BCUT2D eigenvalue weighted by Crippen LogP contribution is 2.32. The van der Waals surface area contributed by atoms with Crippen molar-refractivity contribution in [2.24, 2.45) is 0 Å². The SMILES string of the molecule is CCCNC(c1ccc(OCC)cc1)c1cscc1Br. The molecule has 108 valence electrons. The van der Waals surface area contributed by atoms with Crippen molar-refractivity contribution >= 4 is 27.3 Å². The molecule has 2 rings (SSSR count). The Hall–Kier alpha value is -0.840. The van der Waals surface area contributed by atoms with Gasteiger partial charge in [0, 0.05) is 9.85 Å². The second-order valence-electron chi connectivity index (χ2n) is 4.56. The summed E-state index contributed by atoms with van der Waals surface area (Å²) in [5.41, 5.74) is 2.56. The standard InChI is InChI=1S/C16H20BrNOS/c1-3-9-18-16(14-10-20-11-15(14)17)12-5-7-13(8-6-12)19-4-2/h5-8,10-11,16,18H,3-4,9H2,1-2H3. The summed E-state index contributed by atoms with van der Waals surface area (Å²) in [7, 11) is 0. The predicted octanol–water partition coefficient (Wildman–Crippen LogP) is 5.00. The van der Waals surface area contributed by atoms with Crippen molar-refractivity contribution in [1.29, 1.82) is 0 Å². The highest BCUT2D eigenvalue weighted by Gasteiger charge is 2.16. The zero-order valence-corrected chi connectivity index (χ0v) is 14.3. The largest absolute Gasteiger partial charge is 0.494 e. The first kappa shape index (κ1) is 15.5. The molecule has 0 bridgehead atoms. The molecule has 1 unspecified atom stereocenters. The molecule has 2 nitrogen and oxygen atoms in total. The number of hydrogen-bond donors (Lipinski definition) is 1. The molecule has 0 saturated carbocycles. The zero-order valence-electron chi connectivity index (χ0n) is 11.9. The van der Waals surface area contributed by atoms with Gasteiger partial charge in [0.25, 0.3) is 0 Å². The molecule has 0 fully saturated rings. The molecule has 0 aliphatic rings. The fraction of sp³-hybridized carbons (Fsp3) is 0.375. The van der Waals surface area contributed by atoms with Gasteiger partial charge in [-0.2, -0.15) is 11.3 Å². The fourth-order valence-electron chi connectivity index (χ4n) is 2.12. The topological polar surface area (TPSA) is 21.3 Å². The molecular weight excluding hydrogens is 334 g/mol. The minimum Gasteiger partial charge on any atom is -0.494 e. The van der Waals surface area contributed by atoms with Crippen LogP contribution in [0.5, 0.6) is 5.75 Å². The summed E-state index contributed by atoms with van der Waals surface area (Å²) in [5, 5.41) is 7.95. The van der Waals surface area contributed by atoms with E-state index in [0.717, 1.165) is 18.7 Å². The number of halogens is 1. The number of benzene rings is 1. The maximum atomic E-state index is 5.51. The number of rotatable bonds is 7. The molecule has 4 heteroatoms. The van der Waals surface area contributed by atoms with Gasteiger partial charge in [-0.25, -0.2) is 0 Å². The van der Waals surface area contributed by atoms with Crippen molar-refractivity contribution in [3.63, 3.8) is 0 Å². The Bertz CT molecular complexity index is 524. The van der Waals surface area contributed by atoms with Crippen LogP contribution in [0.2, 0.25) is 0 Å². The minimum absolute atomic E-state index is 0.228. The summed E-state index contributed by atoms with van der Waals surface area (Å²) in [6.45, 7) is 5.89. The lowest BCUT2D eigenvalue weighted by Gasteiger charge is -2.19.